The first-order valence-corrected chi connectivity index (χ1v) is 7.57. The number of hydrogen-bond donors (Lipinski definition) is 2. The first-order valence-electron chi connectivity index (χ1n) is 7.57. The van der Waals surface area contributed by atoms with Gasteiger partial charge in [0.1, 0.15) is 0 Å². The monoisotopic (exact) mass is 254 g/mol. The normalized spacial score (nSPS) is 31.2. The van der Waals surface area contributed by atoms with E-state index < -0.39 is 0 Å². The van der Waals surface area contributed by atoms with E-state index in [4.69, 9.17) is 5.84 Å². The van der Waals surface area contributed by atoms with Gasteiger partial charge in [0.2, 0.25) is 0 Å². The first-order chi connectivity index (χ1) is 8.72. The van der Waals surface area contributed by atoms with Gasteiger partial charge in [0.25, 0.3) is 0 Å². The van der Waals surface area contributed by atoms with Crippen LogP contribution in [0.4, 0.5) is 0 Å². The zero-order chi connectivity index (χ0) is 13.0. The lowest BCUT2D eigenvalue weighted by Crippen LogP contribution is -2.57. The Hall–Kier alpha value is -0.160. The Morgan fingerprint density at radius 2 is 1.78 bits per heavy atom. The summed E-state index contributed by atoms with van der Waals surface area (Å²) >= 11 is 0. The van der Waals surface area contributed by atoms with Crippen LogP contribution in [0.2, 0.25) is 0 Å². The van der Waals surface area contributed by atoms with Crippen LogP contribution >= 0.6 is 0 Å². The van der Waals surface area contributed by atoms with Gasteiger partial charge in [0.05, 0.1) is 0 Å². The highest BCUT2D eigenvalue weighted by Gasteiger charge is 2.33. The van der Waals surface area contributed by atoms with Crippen molar-refractivity contribution < 1.29 is 0 Å². The number of rotatable bonds is 3. The van der Waals surface area contributed by atoms with Crippen molar-refractivity contribution in [3.05, 3.63) is 0 Å². The van der Waals surface area contributed by atoms with Crippen LogP contribution in [0.5, 0.6) is 0 Å². The van der Waals surface area contributed by atoms with E-state index in [2.05, 4.69) is 29.3 Å². The van der Waals surface area contributed by atoms with Crippen molar-refractivity contribution in [3.8, 4) is 0 Å². The minimum atomic E-state index is 0.454. The summed E-state index contributed by atoms with van der Waals surface area (Å²) in [7, 11) is 4.50. The van der Waals surface area contributed by atoms with Crippen LogP contribution in [0.3, 0.4) is 0 Å². The zero-order valence-electron chi connectivity index (χ0n) is 12.1. The van der Waals surface area contributed by atoms with Crippen LogP contribution < -0.4 is 11.3 Å². The lowest BCUT2D eigenvalue weighted by molar-refractivity contribution is 0.126. The van der Waals surface area contributed by atoms with Crippen LogP contribution in [-0.4, -0.2) is 55.6 Å². The average molecular weight is 254 g/mol. The largest absolute Gasteiger partial charge is 0.305 e. The minimum absolute atomic E-state index is 0.454. The van der Waals surface area contributed by atoms with Gasteiger partial charge in [-0.15, -0.1) is 0 Å². The molecule has 2 unspecified atom stereocenters. The standard InChI is InChI=1S/C14H30N4/c1-17-9-6-10-18(2)13(11-17)14(16-15)12-7-4-3-5-8-12/h12-14,16H,3-11,15H2,1-2H3. The fourth-order valence-electron chi connectivity index (χ4n) is 3.75. The van der Waals surface area contributed by atoms with Gasteiger partial charge in [-0.2, -0.15) is 0 Å². The molecule has 0 aromatic heterocycles. The third-order valence-corrected chi connectivity index (χ3v) is 4.88. The molecule has 2 aliphatic rings. The van der Waals surface area contributed by atoms with Crippen molar-refractivity contribution in [2.75, 3.05) is 33.7 Å². The summed E-state index contributed by atoms with van der Waals surface area (Å²) in [5.74, 6) is 6.66. The third kappa shape index (κ3) is 3.44. The predicted molar refractivity (Wildman–Crippen MR) is 76.2 cm³/mol. The van der Waals surface area contributed by atoms with Crippen LogP contribution in [0.1, 0.15) is 38.5 Å². The molecule has 0 radical (unpaired) electrons. The molecule has 1 saturated heterocycles. The summed E-state index contributed by atoms with van der Waals surface area (Å²) < 4.78 is 0. The number of hydrogen-bond acceptors (Lipinski definition) is 4. The molecule has 2 atom stereocenters. The fourth-order valence-corrected chi connectivity index (χ4v) is 3.75. The Balaban J connectivity index is 2.03. The van der Waals surface area contributed by atoms with Crippen molar-refractivity contribution >= 4 is 0 Å². The Morgan fingerprint density at radius 3 is 2.44 bits per heavy atom. The maximum absolute atomic E-state index is 5.90. The van der Waals surface area contributed by atoms with Crippen molar-refractivity contribution in [1.29, 1.82) is 0 Å². The SMILES string of the molecule is CN1CCCN(C)C(C(NN)C2CCCCC2)C1. The second-order valence-electron chi connectivity index (χ2n) is 6.25. The zero-order valence-corrected chi connectivity index (χ0v) is 12.1. The summed E-state index contributed by atoms with van der Waals surface area (Å²) in [6, 6.07) is 1.02. The van der Waals surface area contributed by atoms with Gasteiger partial charge in [-0.1, -0.05) is 19.3 Å². The Bertz CT molecular complexity index is 240. The molecule has 18 heavy (non-hydrogen) atoms. The molecular weight excluding hydrogens is 224 g/mol. The number of nitrogens with one attached hydrogen (secondary N) is 1. The predicted octanol–water partition coefficient (Wildman–Crippen LogP) is 1.03. The molecule has 2 rings (SSSR count). The molecule has 0 spiro atoms. The third-order valence-electron chi connectivity index (χ3n) is 4.88. The van der Waals surface area contributed by atoms with E-state index in [1.807, 2.05) is 0 Å². The summed E-state index contributed by atoms with van der Waals surface area (Å²) in [4.78, 5) is 4.98. The summed E-state index contributed by atoms with van der Waals surface area (Å²) in [5.41, 5.74) is 3.15. The minimum Gasteiger partial charge on any atom is -0.305 e. The van der Waals surface area contributed by atoms with Gasteiger partial charge in [0, 0.05) is 18.6 Å². The first kappa shape index (κ1) is 14.3. The number of nitrogens with zero attached hydrogens (tertiary/aromatic N) is 2. The highest BCUT2D eigenvalue weighted by atomic mass is 15.3. The molecule has 0 aromatic carbocycles. The molecule has 0 bridgehead atoms. The quantitative estimate of drug-likeness (QED) is 0.583. The molecule has 2 fully saturated rings. The highest BCUT2D eigenvalue weighted by Crippen LogP contribution is 2.29. The molecule has 1 aliphatic heterocycles. The van der Waals surface area contributed by atoms with Gasteiger partial charge >= 0.3 is 0 Å². The molecule has 0 amide bonds. The number of hydrazine groups is 1. The van der Waals surface area contributed by atoms with E-state index in [0.717, 1.165) is 12.5 Å². The lowest BCUT2D eigenvalue weighted by atomic mass is 9.81. The number of nitrogens with two attached hydrogens (primary N) is 1. The van der Waals surface area contributed by atoms with Crippen LogP contribution in [0.15, 0.2) is 0 Å². The van der Waals surface area contributed by atoms with Gasteiger partial charge in [-0.05, 0) is 52.4 Å². The van der Waals surface area contributed by atoms with Gasteiger partial charge in [-0.3, -0.25) is 11.3 Å². The molecule has 1 saturated carbocycles. The molecular formula is C14H30N4. The second kappa shape index (κ2) is 6.85. The maximum atomic E-state index is 5.90. The Morgan fingerprint density at radius 1 is 1.06 bits per heavy atom. The van der Waals surface area contributed by atoms with Crippen molar-refractivity contribution in [3.63, 3.8) is 0 Å². The molecule has 3 N–H and O–H groups in total. The van der Waals surface area contributed by atoms with E-state index in [9.17, 15) is 0 Å². The van der Waals surface area contributed by atoms with E-state index in [1.54, 1.807) is 0 Å². The second-order valence-corrected chi connectivity index (χ2v) is 6.25. The molecule has 4 heteroatoms. The average Bonchev–Trinajstić information content (AvgIpc) is 2.54. The van der Waals surface area contributed by atoms with Crippen LogP contribution in [-0.2, 0) is 0 Å². The van der Waals surface area contributed by atoms with Gasteiger partial charge in [-0.25, -0.2) is 0 Å². The smallest absolute Gasteiger partial charge is 0.0406 e. The van der Waals surface area contributed by atoms with E-state index in [0.29, 0.717) is 12.1 Å². The summed E-state index contributed by atoms with van der Waals surface area (Å²) in [6.45, 7) is 3.55. The van der Waals surface area contributed by atoms with Crippen LogP contribution in [0.25, 0.3) is 0 Å². The highest BCUT2D eigenvalue weighted by molar-refractivity contribution is 4.91. The van der Waals surface area contributed by atoms with Gasteiger partial charge < -0.3 is 9.80 Å². The lowest BCUT2D eigenvalue weighted by Gasteiger charge is -2.40. The van der Waals surface area contributed by atoms with Crippen molar-refractivity contribution in [2.45, 2.75) is 50.6 Å². The molecule has 1 aliphatic carbocycles. The van der Waals surface area contributed by atoms with Crippen molar-refractivity contribution in [1.82, 2.24) is 15.2 Å². The number of likely N-dealkylation sites (N-methyl/N-ethyl adjacent to an activating group) is 2. The van der Waals surface area contributed by atoms with Gasteiger partial charge in [0.15, 0.2) is 0 Å². The summed E-state index contributed by atoms with van der Waals surface area (Å²) in [5, 5.41) is 0. The Labute approximate surface area is 112 Å². The van der Waals surface area contributed by atoms with E-state index >= 15 is 0 Å². The molecule has 106 valence electrons. The van der Waals surface area contributed by atoms with E-state index in [1.165, 1.54) is 51.6 Å². The fraction of sp³-hybridized carbons (Fsp3) is 1.00. The topological polar surface area (TPSA) is 44.5 Å². The Kier molecular flexibility index (Phi) is 5.42. The molecule has 1 heterocycles. The van der Waals surface area contributed by atoms with E-state index in [-0.39, 0.29) is 0 Å². The van der Waals surface area contributed by atoms with Crippen molar-refractivity contribution in [2.24, 2.45) is 11.8 Å². The maximum Gasteiger partial charge on any atom is 0.0406 e. The van der Waals surface area contributed by atoms with Crippen LogP contribution in [0, 0.1) is 5.92 Å². The molecule has 0 aromatic rings. The molecule has 4 nitrogen and oxygen atoms in total. The summed E-state index contributed by atoms with van der Waals surface area (Å²) in [6.07, 6.45) is 8.15.